The molecule has 0 bridgehead atoms. The van der Waals surface area contributed by atoms with Gasteiger partial charge in [-0.15, -0.1) is 0 Å². The monoisotopic (exact) mass is 716 g/mol. The molecule has 9 aromatic rings. The molecule has 1 heterocycles. The van der Waals surface area contributed by atoms with E-state index in [4.69, 9.17) is 4.74 Å². The maximum atomic E-state index is 6.91. The summed E-state index contributed by atoms with van der Waals surface area (Å²) in [4.78, 5) is 4.73. The van der Waals surface area contributed by atoms with Gasteiger partial charge in [0.15, 0.2) is 0 Å². The molecule has 1 aliphatic heterocycles. The summed E-state index contributed by atoms with van der Waals surface area (Å²) in [7, 11) is 0. The van der Waals surface area contributed by atoms with Crippen molar-refractivity contribution in [1.29, 1.82) is 0 Å². The predicted molar refractivity (Wildman–Crippen MR) is 231 cm³/mol. The van der Waals surface area contributed by atoms with Gasteiger partial charge in [-0.25, -0.2) is 0 Å². The number of anilines is 6. The quantitative estimate of drug-likeness (QED) is 0.170. The van der Waals surface area contributed by atoms with E-state index in [1.54, 1.807) is 0 Å². The third kappa shape index (κ3) is 4.91. The fourth-order valence-electron chi connectivity index (χ4n) is 9.09. The number of hydrogen-bond donors (Lipinski definition) is 0. The number of hydrogen-bond acceptors (Lipinski definition) is 3. The highest BCUT2D eigenvalue weighted by molar-refractivity contribution is 5.95. The molecular formula is C53H36N2O. The molecule has 0 atom stereocenters. The van der Waals surface area contributed by atoms with Crippen molar-refractivity contribution in [3.8, 4) is 22.6 Å². The standard InChI is InChI=1S/C53H36N2O/c1-5-19-39(20-6-1)54(40-21-7-2-8-22-40)43-29-31-45-46-32-30-44(55(41-23-9-3-10-24-41)42-25-11-4-12-26-42)36-49(46)53(48(45)35-43)47-27-15-16-28-51(47)56-52-34-38-18-14-13-17-37(38)33-50(52)53/h1-36H. The zero-order valence-electron chi connectivity index (χ0n) is 30.6. The van der Waals surface area contributed by atoms with Gasteiger partial charge < -0.3 is 14.5 Å². The highest BCUT2D eigenvalue weighted by atomic mass is 16.5. The predicted octanol–water partition coefficient (Wildman–Crippen LogP) is 14.2. The Morgan fingerprint density at radius 1 is 0.286 bits per heavy atom. The maximum absolute atomic E-state index is 6.91. The van der Waals surface area contributed by atoms with Crippen LogP contribution in [0, 0.1) is 0 Å². The zero-order valence-corrected chi connectivity index (χ0v) is 30.6. The van der Waals surface area contributed by atoms with Crippen LogP contribution in [0.25, 0.3) is 21.9 Å². The summed E-state index contributed by atoms with van der Waals surface area (Å²) < 4.78 is 6.91. The molecule has 1 spiro atoms. The third-order valence-corrected chi connectivity index (χ3v) is 11.4. The molecule has 0 amide bonds. The van der Waals surface area contributed by atoms with E-state index in [1.807, 2.05) is 0 Å². The molecule has 56 heavy (non-hydrogen) atoms. The second kappa shape index (κ2) is 12.9. The van der Waals surface area contributed by atoms with Crippen LogP contribution in [0.1, 0.15) is 22.3 Å². The highest BCUT2D eigenvalue weighted by Gasteiger charge is 2.52. The Hall–Kier alpha value is -7.36. The molecule has 9 aromatic carbocycles. The van der Waals surface area contributed by atoms with Gasteiger partial charge in [0.05, 0.1) is 5.41 Å². The SMILES string of the molecule is c1ccc(N(c2ccccc2)c2ccc3c(c2)C2(c4ccccc4Oc4cc5ccccc5cc42)c2cc(N(c4ccccc4)c4ccccc4)ccc2-3)cc1. The second-order valence-electron chi connectivity index (χ2n) is 14.5. The number of benzene rings is 9. The molecule has 0 fully saturated rings. The van der Waals surface area contributed by atoms with Crippen LogP contribution in [-0.4, -0.2) is 0 Å². The molecule has 2 aliphatic rings. The van der Waals surface area contributed by atoms with Crippen molar-refractivity contribution >= 4 is 44.9 Å². The molecule has 0 N–H and O–H groups in total. The van der Waals surface area contributed by atoms with Crippen LogP contribution < -0.4 is 14.5 Å². The minimum atomic E-state index is -0.691. The van der Waals surface area contributed by atoms with E-state index >= 15 is 0 Å². The van der Waals surface area contributed by atoms with Gasteiger partial charge in [-0.3, -0.25) is 0 Å². The summed E-state index contributed by atoms with van der Waals surface area (Å²) in [5.74, 6) is 1.75. The molecule has 0 saturated heterocycles. The minimum Gasteiger partial charge on any atom is -0.457 e. The van der Waals surface area contributed by atoms with E-state index in [0.717, 1.165) is 62.1 Å². The second-order valence-corrected chi connectivity index (χ2v) is 14.5. The van der Waals surface area contributed by atoms with E-state index in [0.29, 0.717) is 0 Å². The Bertz CT molecular complexity index is 2680. The fourth-order valence-corrected chi connectivity index (χ4v) is 9.09. The van der Waals surface area contributed by atoms with E-state index in [-0.39, 0.29) is 0 Å². The minimum absolute atomic E-state index is 0.691. The molecule has 3 nitrogen and oxygen atoms in total. The van der Waals surface area contributed by atoms with E-state index < -0.39 is 5.41 Å². The van der Waals surface area contributed by atoms with Crippen LogP contribution in [0.15, 0.2) is 218 Å². The average Bonchev–Trinajstić information content (AvgIpc) is 3.54. The lowest BCUT2D eigenvalue weighted by atomic mass is 9.65. The molecule has 0 aromatic heterocycles. The average molecular weight is 717 g/mol. The Balaban J connectivity index is 1.24. The van der Waals surface area contributed by atoms with E-state index in [2.05, 4.69) is 228 Å². The Labute approximate surface area is 326 Å². The molecule has 264 valence electrons. The van der Waals surface area contributed by atoms with Crippen LogP contribution in [0.2, 0.25) is 0 Å². The molecule has 1 aliphatic carbocycles. The van der Waals surface area contributed by atoms with Crippen molar-refractivity contribution in [2.45, 2.75) is 5.41 Å². The molecule has 0 unspecified atom stereocenters. The number of rotatable bonds is 6. The van der Waals surface area contributed by atoms with Crippen LogP contribution >= 0.6 is 0 Å². The fraction of sp³-hybridized carbons (Fsp3) is 0.0189. The summed E-state index contributed by atoms with van der Waals surface area (Å²) in [5, 5.41) is 2.33. The van der Waals surface area contributed by atoms with Crippen molar-refractivity contribution in [2.24, 2.45) is 0 Å². The molecule has 11 rings (SSSR count). The van der Waals surface area contributed by atoms with Gasteiger partial charge in [0, 0.05) is 45.3 Å². The summed E-state index contributed by atoms with van der Waals surface area (Å²) in [5.41, 5.74) is 13.1. The van der Waals surface area contributed by atoms with Crippen molar-refractivity contribution in [2.75, 3.05) is 9.80 Å². The summed E-state index contributed by atoms with van der Waals surface area (Å²) in [6.07, 6.45) is 0. The van der Waals surface area contributed by atoms with Gasteiger partial charge in [-0.2, -0.15) is 0 Å². The number of para-hydroxylation sites is 5. The van der Waals surface area contributed by atoms with Gasteiger partial charge in [-0.05, 0) is 124 Å². The molecule has 0 radical (unpaired) electrons. The van der Waals surface area contributed by atoms with Crippen LogP contribution in [0.4, 0.5) is 34.1 Å². The normalized spacial score (nSPS) is 12.9. The van der Waals surface area contributed by atoms with Gasteiger partial charge in [0.2, 0.25) is 0 Å². The lowest BCUT2D eigenvalue weighted by Crippen LogP contribution is -2.32. The number of nitrogens with zero attached hydrogens (tertiary/aromatic N) is 2. The van der Waals surface area contributed by atoms with Gasteiger partial charge in [0.1, 0.15) is 11.5 Å². The van der Waals surface area contributed by atoms with Crippen LogP contribution in [0.5, 0.6) is 11.5 Å². The van der Waals surface area contributed by atoms with E-state index in [9.17, 15) is 0 Å². The first-order valence-electron chi connectivity index (χ1n) is 19.2. The van der Waals surface area contributed by atoms with E-state index in [1.165, 1.54) is 27.6 Å². The maximum Gasteiger partial charge on any atom is 0.132 e. The Kier molecular flexibility index (Phi) is 7.39. The molecule has 3 heteroatoms. The molecule has 0 saturated carbocycles. The number of ether oxygens (including phenoxy) is 1. The first kappa shape index (κ1) is 32.1. The largest absolute Gasteiger partial charge is 0.457 e. The van der Waals surface area contributed by atoms with Crippen molar-refractivity contribution in [1.82, 2.24) is 0 Å². The lowest BCUT2D eigenvalue weighted by Gasteiger charge is -2.40. The first-order valence-corrected chi connectivity index (χ1v) is 19.2. The van der Waals surface area contributed by atoms with Crippen LogP contribution in [-0.2, 0) is 5.41 Å². The topological polar surface area (TPSA) is 15.7 Å². The summed E-state index contributed by atoms with van der Waals surface area (Å²) in [6.45, 7) is 0. The Morgan fingerprint density at radius 2 is 0.696 bits per heavy atom. The lowest BCUT2D eigenvalue weighted by molar-refractivity contribution is 0.437. The number of fused-ring (bicyclic) bond motifs is 10. The smallest absolute Gasteiger partial charge is 0.132 e. The zero-order chi connectivity index (χ0) is 37.1. The van der Waals surface area contributed by atoms with Crippen molar-refractivity contribution < 1.29 is 4.74 Å². The van der Waals surface area contributed by atoms with Gasteiger partial charge in [0.25, 0.3) is 0 Å². The van der Waals surface area contributed by atoms with Gasteiger partial charge >= 0.3 is 0 Å². The summed E-state index contributed by atoms with van der Waals surface area (Å²) >= 11 is 0. The molecular weight excluding hydrogens is 681 g/mol. The van der Waals surface area contributed by atoms with Crippen molar-refractivity contribution in [3.63, 3.8) is 0 Å². The third-order valence-electron chi connectivity index (χ3n) is 11.4. The first-order chi connectivity index (χ1) is 27.8. The highest BCUT2D eigenvalue weighted by Crippen LogP contribution is 2.64. The Morgan fingerprint density at radius 3 is 1.18 bits per heavy atom. The summed E-state index contributed by atoms with van der Waals surface area (Å²) in [6, 6.07) is 78.6. The van der Waals surface area contributed by atoms with Crippen molar-refractivity contribution in [3.05, 3.63) is 241 Å². The van der Waals surface area contributed by atoms with Crippen LogP contribution in [0.3, 0.4) is 0 Å². The van der Waals surface area contributed by atoms with Gasteiger partial charge in [-0.1, -0.05) is 127 Å².